The van der Waals surface area contributed by atoms with Crippen molar-refractivity contribution in [2.45, 2.75) is 27.2 Å². The second-order valence-corrected chi connectivity index (χ2v) is 4.71. The van der Waals surface area contributed by atoms with Crippen LogP contribution in [0.1, 0.15) is 23.9 Å². The molecule has 2 aromatic rings. The first-order valence-electron chi connectivity index (χ1n) is 5.95. The van der Waals surface area contributed by atoms with Gasteiger partial charge in [-0.25, -0.2) is 4.68 Å². The molecular formula is C13H14ClN3O2. The van der Waals surface area contributed by atoms with E-state index in [0.29, 0.717) is 5.69 Å². The molecule has 2 rings (SSSR count). The van der Waals surface area contributed by atoms with Crippen molar-refractivity contribution in [3.63, 3.8) is 0 Å². The molecule has 0 unspecified atom stereocenters. The van der Waals surface area contributed by atoms with Crippen molar-refractivity contribution in [1.29, 1.82) is 0 Å². The maximum atomic E-state index is 10.9. The molecule has 0 saturated heterocycles. The molecule has 1 aromatic heterocycles. The fourth-order valence-electron chi connectivity index (χ4n) is 2.21. The number of nitro groups is 1. The van der Waals surface area contributed by atoms with Gasteiger partial charge in [0, 0.05) is 11.8 Å². The van der Waals surface area contributed by atoms with Gasteiger partial charge in [0.25, 0.3) is 5.69 Å². The number of nitro benzene ring substituents is 1. The fourth-order valence-corrected chi connectivity index (χ4v) is 2.40. The molecule has 19 heavy (non-hydrogen) atoms. The molecule has 0 spiro atoms. The van der Waals surface area contributed by atoms with Crippen molar-refractivity contribution in [3.8, 4) is 5.69 Å². The number of aryl methyl sites for hydroxylation is 1. The topological polar surface area (TPSA) is 61.0 Å². The predicted molar refractivity (Wildman–Crippen MR) is 74.1 cm³/mol. The molecule has 0 aliphatic rings. The van der Waals surface area contributed by atoms with Gasteiger partial charge < -0.3 is 0 Å². The van der Waals surface area contributed by atoms with Crippen molar-refractivity contribution in [3.05, 3.63) is 50.3 Å². The highest BCUT2D eigenvalue weighted by Crippen LogP contribution is 2.28. The number of benzene rings is 1. The molecule has 1 aromatic carbocycles. The molecule has 0 radical (unpaired) electrons. The van der Waals surface area contributed by atoms with E-state index in [1.54, 1.807) is 10.7 Å². The minimum atomic E-state index is -0.488. The number of hydrogen-bond donors (Lipinski definition) is 0. The Labute approximate surface area is 116 Å². The third-order valence-corrected chi connectivity index (χ3v) is 3.49. The van der Waals surface area contributed by atoms with Crippen LogP contribution in [0.3, 0.4) is 0 Å². The first-order valence-corrected chi connectivity index (χ1v) is 6.33. The molecule has 0 fully saturated rings. The average Bonchev–Trinajstić information content (AvgIpc) is 2.64. The Morgan fingerprint density at radius 1 is 1.42 bits per heavy atom. The molecule has 5 nitrogen and oxygen atoms in total. The van der Waals surface area contributed by atoms with Crippen LogP contribution in [-0.2, 0) is 6.42 Å². The minimum Gasteiger partial charge on any atom is -0.258 e. The molecule has 1 heterocycles. The van der Waals surface area contributed by atoms with Crippen LogP contribution >= 0.6 is 11.6 Å². The standard InChI is InChI=1S/C13H14ClN3O2/c1-4-11-8(2)15-16(9(11)3)10-5-6-12(14)13(7-10)17(18)19/h5-7H,4H2,1-3H3. The van der Waals surface area contributed by atoms with Crippen molar-refractivity contribution in [1.82, 2.24) is 9.78 Å². The van der Waals surface area contributed by atoms with Crippen LogP contribution in [0, 0.1) is 24.0 Å². The maximum Gasteiger partial charge on any atom is 0.290 e. The Morgan fingerprint density at radius 3 is 2.63 bits per heavy atom. The smallest absolute Gasteiger partial charge is 0.258 e. The quantitative estimate of drug-likeness (QED) is 0.637. The summed E-state index contributed by atoms with van der Waals surface area (Å²) in [4.78, 5) is 10.4. The molecule has 0 aliphatic heterocycles. The van der Waals surface area contributed by atoms with E-state index >= 15 is 0 Å². The molecule has 0 aliphatic carbocycles. The summed E-state index contributed by atoms with van der Waals surface area (Å²) >= 11 is 5.81. The Bertz CT molecular complexity index is 650. The second kappa shape index (κ2) is 5.01. The molecule has 0 saturated carbocycles. The zero-order valence-electron chi connectivity index (χ0n) is 11.0. The minimum absolute atomic E-state index is 0.107. The maximum absolute atomic E-state index is 10.9. The predicted octanol–water partition coefficient (Wildman–Crippen LogP) is 3.61. The van der Waals surface area contributed by atoms with Crippen molar-refractivity contribution in [2.75, 3.05) is 0 Å². The lowest BCUT2D eigenvalue weighted by atomic mass is 10.1. The summed E-state index contributed by atoms with van der Waals surface area (Å²) in [5, 5.41) is 15.5. The number of rotatable bonds is 3. The summed E-state index contributed by atoms with van der Waals surface area (Å²) in [6.07, 6.45) is 0.882. The van der Waals surface area contributed by atoms with Gasteiger partial charge in [-0.1, -0.05) is 18.5 Å². The van der Waals surface area contributed by atoms with Crippen LogP contribution in [0.2, 0.25) is 5.02 Å². The third-order valence-electron chi connectivity index (χ3n) is 3.17. The van der Waals surface area contributed by atoms with E-state index in [1.165, 1.54) is 12.1 Å². The van der Waals surface area contributed by atoms with Crippen LogP contribution < -0.4 is 0 Å². The van der Waals surface area contributed by atoms with E-state index in [4.69, 9.17) is 11.6 Å². The van der Waals surface area contributed by atoms with Crippen LogP contribution in [0.5, 0.6) is 0 Å². The van der Waals surface area contributed by atoms with Crippen LogP contribution in [0.15, 0.2) is 18.2 Å². The number of nitrogens with zero attached hydrogens (tertiary/aromatic N) is 3. The largest absolute Gasteiger partial charge is 0.290 e. The summed E-state index contributed by atoms with van der Waals surface area (Å²) in [5.41, 5.74) is 3.65. The summed E-state index contributed by atoms with van der Waals surface area (Å²) < 4.78 is 1.72. The van der Waals surface area contributed by atoms with Crippen molar-refractivity contribution < 1.29 is 4.92 Å². The van der Waals surface area contributed by atoms with Crippen molar-refractivity contribution in [2.24, 2.45) is 0 Å². The van der Waals surface area contributed by atoms with E-state index in [2.05, 4.69) is 12.0 Å². The van der Waals surface area contributed by atoms with Crippen LogP contribution in [-0.4, -0.2) is 14.7 Å². The third kappa shape index (κ3) is 2.33. The van der Waals surface area contributed by atoms with Gasteiger partial charge in [-0.2, -0.15) is 5.10 Å². The highest BCUT2D eigenvalue weighted by Gasteiger charge is 2.16. The highest BCUT2D eigenvalue weighted by molar-refractivity contribution is 6.32. The van der Waals surface area contributed by atoms with Gasteiger partial charge in [0.1, 0.15) is 5.02 Å². The van der Waals surface area contributed by atoms with Gasteiger partial charge in [-0.3, -0.25) is 10.1 Å². The first kappa shape index (κ1) is 13.5. The highest BCUT2D eigenvalue weighted by atomic mass is 35.5. The Kier molecular flexibility index (Phi) is 3.57. The lowest BCUT2D eigenvalue weighted by molar-refractivity contribution is -0.384. The monoisotopic (exact) mass is 279 g/mol. The SMILES string of the molecule is CCc1c(C)nn(-c2ccc(Cl)c([N+](=O)[O-])c2)c1C. The average molecular weight is 280 g/mol. The Hall–Kier alpha value is -1.88. The van der Waals surface area contributed by atoms with Gasteiger partial charge in [0.15, 0.2) is 0 Å². The van der Waals surface area contributed by atoms with Crippen LogP contribution in [0.4, 0.5) is 5.69 Å². The van der Waals surface area contributed by atoms with Gasteiger partial charge in [-0.05, 0) is 38.0 Å². The molecule has 0 amide bonds. The Balaban J connectivity index is 2.60. The van der Waals surface area contributed by atoms with Gasteiger partial charge in [0.2, 0.25) is 0 Å². The summed E-state index contributed by atoms with van der Waals surface area (Å²) in [6.45, 7) is 5.96. The van der Waals surface area contributed by atoms with E-state index < -0.39 is 4.92 Å². The van der Waals surface area contributed by atoms with Crippen molar-refractivity contribution >= 4 is 17.3 Å². The number of halogens is 1. The Morgan fingerprint density at radius 2 is 2.11 bits per heavy atom. The zero-order valence-corrected chi connectivity index (χ0v) is 11.7. The summed E-state index contributed by atoms with van der Waals surface area (Å²) in [6, 6.07) is 4.70. The molecule has 0 bridgehead atoms. The van der Waals surface area contributed by atoms with E-state index in [0.717, 1.165) is 23.4 Å². The second-order valence-electron chi connectivity index (χ2n) is 4.31. The zero-order chi connectivity index (χ0) is 14.2. The van der Waals surface area contributed by atoms with E-state index in [-0.39, 0.29) is 10.7 Å². The molecule has 6 heteroatoms. The summed E-state index contributed by atoms with van der Waals surface area (Å²) in [7, 11) is 0. The molecule has 0 atom stereocenters. The van der Waals surface area contributed by atoms with Gasteiger partial charge in [0.05, 0.1) is 16.3 Å². The molecular weight excluding hydrogens is 266 g/mol. The van der Waals surface area contributed by atoms with E-state index in [9.17, 15) is 10.1 Å². The lowest BCUT2D eigenvalue weighted by Crippen LogP contribution is -2.01. The van der Waals surface area contributed by atoms with Gasteiger partial charge >= 0.3 is 0 Å². The fraction of sp³-hybridized carbons (Fsp3) is 0.308. The molecule has 100 valence electrons. The van der Waals surface area contributed by atoms with Crippen LogP contribution in [0.25, 0.3) is 5.69 Å². The summed E-state index contributed by atoms with van der Waals surface area (Å²) in [5.74, 6) is 0. The molecule has 0 N–H and O–H groups in total. The van der Waals surface area contributed by atoms with Gasteiger partial charge in [-0.15, -0.1) is 0 Å². The number of aromatic nitrogens is 2. The lowest BCUT2D eigenvalue weighted by Gasteiger charge is -2.05. The van der Waals surface area contributed by atoms with E-state index in [1.807, 2.05) is 13.8 Å². The number of hydrogen-bond acceptors (Lipinski definition) is 3. The normalized spacial score (nSPS) is 10.7. The first-order chi connectivity index (χ1) is 8.95.